The first-order chi connectivity index (χ1) is 9.49. The number of carbonyl (C=O) groups excluding carboxylic acids is 1. The molecule has 0 saturated heterocycles. The van der Waals surface area contributed by atoms with Crippen LogP contribution in [0.1, 0.15) is 38.3 Å². The minimum atomic E-state index is -0.541. The second kappa shape index (κ2) is 6.14. The Hall–Kier alpha value is -1.07. The van der Waals surface area contributed by atoms with Crippen LogP contribution in [0.15, 0.2) is 6.20 Å². The van der Waals surface area contributed by atoms with Crippen LogP contribution in [0.5, 0.6) is 0 Å². The summed E-state index contributed by atoms with van der Waals surface area (Å²) >= 11 is 6.01. The molecule has 0 aromatic carbocycles. The summed E-state index contributed by atoms with van der Waals surface area (Å²) in [5.74, 6) is 0.0414. The third-order valence-electron chi connectivity index (χ3n) is 4.35. The number of hydrogen-bond acceptors (Lipinski definition) is 3. The van der Waals surface area contributed by atoms with E-state index in [0.717, 1.165) is 44.5 Å². The third kappa shape index (κ3) is 2.83. The van der Waals surface area contributed by atoms with E-state index >= 15 is 0 Å². The molecular weight excluding hydrogens is 276 g/mol. The molecule has 1 aromatic heterocycles. The van der Waals surface area contributed by atoms with Gasteiger partial charge in [-0.25, -0.2) is 0 Å². The van der Waals surface area contributed by atoms with Crippen LogP contribution in [0.2, 0.25) is 5.02 Å². The first-order valence-electron chi connectivity index (χ1n) is 7.24. The molecule has 0 spiro atoms. The number of hydrogen-bond donors (Lipinski definition) is 2. The zero-order valence-electron chi connectivity index (χ0n) is 12.2. The molecule has 1 amide bonds. The Morgan fingerprint density at radius 1 is 1.70 bits per heavy atom. The molecule has 0 aliphatic heterocycles. The van der Waals surface area contributed by atoms with Gasteiger partial charge in [0.15, 0.2) is 0 Å². The first-order valence-corrected chi connectivity index (χ1v) is 7.62. The highest BCUT2D eigenvalue weighted by molar-refractivity contribution is 6.31. The van der Waals surface area contributed by atoms with Crippen molar-refractivity contribution in [2.45, 2.75) is 51.6 Å². The lowest BCUT2D eigenvalue weighted by Crippen LogP contribution is -2.58. The van der Waals surface area contributed by atoms with E-state index in [4.69, 9.17) is 17.3 Å². The highest BCUT2D eigenvalue weighted by Gasteiger charge is 2.46. The molecule has 6 heteroatoms. The molecule has 0 bridgehead atoms. The van der Waals surface area contributed by atoms with Gasteiger partial charge in [-0.2, -0.15) is 5.10 Å². The lowest BCUT2D eigenvalue weighted by molar-refractivity contribution is -0.126. The van der Waals surface area contributed by atoms with Crippen molar-refractivity contribution >= 4 is 17.5 Å². The zero-order chi connectivity index (χ0) is 14.8. The van der Waals surface area contributed by atoms with Gasteiger partial charge in [-0.05, 0) is 38.6 Å². The number of primary amides is 1. The van der Waals surface area contributed by atoms with Crippen LogP contribution in [0.3, 0.4) is 0 Å². The van der Waals surface area contributed by atoms with Crippen LogP contribution in [0.25, 0.3) is 0 Å². The number of nitrogens with one attached hydrogen (secondary N) is 1. The molecule has 5 nitrogen and oxygen atoms in total. The molecule has 2 unspecified atom stereocenters. The van der Waals surface area contributed by atoms with Gasteiger partial charge in [-0.15, -0.1) is 0 Å². The highest BCUT2D eigenvalue weighted by Crippen LogP contribution is 2.38. The maximum atomic E-state index is 11.9. The summed E-state index contributed by atoms with van der Waals surface area (Å²) in [5, 5.41) is 8.37. The second-order valence-electron chi connectivity index (χ2n) is 5.57. The zero-order valence-corrected chi connectivity index (χ0v) is 12.9. The van der Waals surface area contributed by atoms with Crippen molar-refractivity contribution in [3.8, 4) is 0 Å². The van der Waals surface area contributed by atoms with E-state index in [1.807, 2.05) is 24.7 Å². The average Bonchev–Trinajstić information content (AvgIpc) is 2.93. The van der Waals surface area contributed by atoms with Crippen LogP contribution < -0.4 is 11.1 Å². The number of aromatic nitrogens is 2. The van der Waals surface area contributed by atoms with Crippen LogP contribution in [0, 0.1) is 12.8 Å². The van der Waals surface area contributed by atoms with Gasteiger partial charge in [0.1, 0.15) is 5.54 Å². The number of likely N-dealkylation sites (N-methyl/N-ethyl adjacent to an activating group) is 1. The van der Waals surface area contributed by atoms with E-state index in [-0.39, 0.29) is 11.8 Å². The van der Waals surface area contributed by atoms with E-state index < -0.39 is 5.54 Å². The van der Waals surface area contributed by atoms with Gasteiger partial charge in [0, 0.05) is 12.7 Å². The molecule has 1 heterocycles. The number of nitrogens with zero attached hydrogens (tertiary/aromatic N) is 2. The summed E-state index contributed by atoms with van der Waals surface area (Å²) in [4.78, 5) is 11.9. The Bertz CT molecular complexity index is 468. The Morgan fingerprint density at radius 2 is 2.45 bits per heavy atom. The average molecular weight is 299 g/mol. The molecule has 1 fully saturated rings. The quantitative estimate of drug-likeness (QED) is 0.842. The maximum absolute atomic E-state index is 11.9. The number of aryl methyl sites for hydroxylation is 2. The molecule has 20 heavy (non-hydrogen) atoms. The highest BCUT2D eigenvalue weighted by atomic mass is 35.5. The molecule has 0 radical (unpaired) electrons. The molecule has 2 atom stereocenters. The Kier molecular flexibility index (Phi) is 4.70. The lowest BCUT2D eigenvalue weighted by Gasteiger charge is -2.33. The number of halogens is 1. The number of amides is 1. The summed E-state index contributed by atoms with van der Waals surface area (Å²) in [6.45, 7) is 5.42. The van der Waals surface area contributed by atoms with Crippen molar-refractivity contribution in [2.24, 2.45) is 11.7 Å². The number of nitrogens with two attached hydrogens (primary N) is 1. The third-order valence-corrected chi connectivity index (χ3v) is 4.72. The summed E-state index contributed by atoms with van der Waals surface area (Å²) in [5.41, 5.74) is 5.96. The largest absolute Gasteiger partial charge is 0.368 e. The fraction of sp³-hybridized carbons (Fsp3) is 0.714. The van der Waals surface area contributed by atoms with Crippen LogP contribution in [0.4, 0.5) is 0 Å². The van der Waals surface area contributed by atoms with Crippen LogP contribution >= 0.6 is 11.6 Å². The standard InChI is InChI=1S/C14H23ClN4O/c1-3-17-14(13(16)20)7-4-5-11(14)6-8-19-9-12(15)10(2)18-19/h9,11,17H,3-8H2,1-2H3,(H2,16,20). The predicted molar refractivity (Wildman–Crippen MR) is 79.5 cm³/mol. The maximum Gasteiger partial charge on any atom is 0.238 e. The normalized spacial score (nSPS) is 26.1. The van der Waals surface area contributed by atoms with Gasteiger partial charge in [0.25, 0.3) is 0 Å². The van der Waals surface area contributed by atoms with E-state index in [9.17, 15) is 4.79 Å². The van der Waals surface area contributed by atoms with Gasteiger partial charge < -0.3 is 11.1 Å². The summed E-state index contributed by atoms with van der Waals surface area (Å²) < 4.78 is 1.85. The van der Waals surface area contributed by atoms with E-state index in [1.165, 1.54) is 0 Å². The SMILES string of the molecule is CCNC1(C(N)=O)CCCC1CCn1cc(Cl)c(C)n1. The Balaban J connectivity index is 2.05. The summed E-state index contributed by atoms with van der Waals surface area (Å²) in [7, 11) is 0. The fourth-order valence-corrected chi connectivity index (χ4v) is 3.47. The van der Waals surface area contributed by atoms with Crippen molar-refractivity contribution < 1.29 is 4.79 Å². The number of carbonyl (C=O) groups is 1. The van der Waals surface area contributed by atoms with Crippen molar-refractivity contribution in [1.82, 2.24) is 15.1 Å². The Morgan fingerprint density at radius 3 is 3.00 bits per heavy atom. The van der Waals surface area contributed by atoms with E-state index in [0.29, 0.717) is 5.02 Å². The molecule has 3 N–H and O–H groups in total. The van der Waals surface area contributed by atoms with Gasteiger partial charge in [0.2, 0.25) is 5.91 Å². The van der Waals surface area contributed by atoms with Crippen LogP contribution in [-0.2, 0) is 11.3 Å². The minimum Gasteiger partial charge on any atom is -0.368 e. The minimum absolute atomic E-state index is 0.225. The molecule has 1 aromatic rings. The van der Waals surface area contributed by atoms with Gasteiger partial charge >= 0.3 is 0 Å². The number of rotatable bonds is 6. The van der Waals surface area contributed by atoms with Crippen molar-refractivity contribution in [3.63, 3.8) is 0 Å². The Labute approximate surface area is 124 Å². The van der Waals surface area contributed by atoms with Crippen molar-refractivity contribution in [1.29, 1.82) is 0 Å². The molecule has 1 aliphatic carbocycles. The predicted octanol–water partition coefficient (Wildman–Crippen LogP) is 1.87. The monoisotopic (exact) mass is 298 g/mol. The second-order valence-corrected chi connectivity index (χ2v) is 5.98. The van der Waals surface area contributed by atoms with Crippen molar-refractivity contribution in [2.75, 3.05) is 6.54 Å². The lowest BCUT2D eigenvalue weighted by atomic mass is 9.84. The molecule has 112 valence electrons. The smallest absolute Gasteiger partial charge is 0.238 e. The fourth-order valence-electron chi connectivity index (χ4n) is 3.32. The molecule has 1 saturated carbocycles. The van der Waals surface area contributed by atoms with Gasteiger partial charge in [-0.3, -0.25) is 9.48 Å². The molecular formula is C14H23ClN4O. The summed E-state index contributed by atoms with van der Waals surface area (Å²) in [6.07, 6.45) is 5.63. The van der Waals surface area contributed by atoms with Gasteiger partial charge in [0.05, 0.1) is 10.7 Å². The molecule has 2 rings (SSSR count). The van der Waals surface area contributed by atoms with E-state index in [2.05, 4.69) is 10.4 Å². The van der Waals surface area contributed by atoms with Crippen molar-refractivity contribution in [3.05, 3.63) is 16.9 Å². The first kappa shape index (κ1) is 15.3. The van der Waals surface area contributed by atoms with Gasteiger partial charge in [-0.1, -0.05) is 24.9 Å². The van der Waals surface area contributed by atoms with E-state index in [1.54, 1.807) is 0 Å². The summed E-state index contributed by atoms with van der Waals surface area (Å²) in [6, 6.07) is 0. The topological polar surface area (TPSA) is 72.9 Å². The molecule has 1 aliphatic rings. The van der Waals surface area contributed by atoms with Crippen LogP contribution in [-0.4, -0.2) is 27.8 Å².